The summed E-state index contributed by atoms with van der Waals surface area (Å²) in [5.41, 5.74) is 0. The Kier molecular flexibility index (Phi) is 5.59. The van der Waals surface area contributed by atoms with Gasteiger partial charge in [0.2, 0.25) is 10.0 Å². The van der Waals surface area contributed by atoms with Crippen LogP contribution in [0.25, 0.3) is 0 Å². The number of rotatable bonds is 4. The lowest BCUT2D eigenvalue weighted by Gasteiger charge is -2.25. The van der Waals surface area contributed by atoms with E-state index >= 15 is 0 Å². The molecule has 0 spiro atoms. The van der Waals surface area contributed by atoms with E-state index in [4.69, 9.17) is 23.2 Å². The van der Waals surface area contributed by atoms with Crippen LogP contribution >= 0.6 is 50.5 Å². The number of hydrogen-bond donors (Lipinski definition) is 1. The molecule has 0 saturated heterocycles. The van der Waals surface area contributed by atoms with E-state index < -0.39 is 10.0 Å². The Morgan fingerprint density at radius 1 is 1.47 bits per heavy atom. The van der Waals surface area contributed by atoms with Crippen LogP contribution in [0.2, 0.25) is 5.02 Å². The summed E-state index contributed by atoms with van der Waals surface area (Å²) in [5.74, 6) is 0.324. The van der Waals surface area contributed by atoms with Crippen LogP contribution in [0.4, 0.5) is 0 Å². The highest BCUT2D eigenvalue weighted by atomic mass is 79.9. The second kappa shape index (κ2) is 6.62. The summed E-state index contributed by atoms with van der Waals surface area (Å²) in [7, 11) is -3.47. The maximum Gasteiger partial charge on any atom is 0.250 e. The van der Waals surface area contributed by atoms with Crippen LogP contribution in [-0.2, 0) is 10.0 Å². The van der Waals surface area contributed by atoms with Gasteiger partial charge < -0.3 is 0 Å². The number of nitrogens with one attached hydrogen (secondary N) is 1. The van der Waals surface area contributed by atoms with Crippen LogP contribution in [0.3, 0.4) is 0 Å². The molecule has 108 valence electrons. The van der Waals surface area contributed by atoms with Gasteiger partial charge in [0.05, 0.1) is 8.81 Å². The van der Waals surface area contributed by atoms with E-state index in [0.717, 1.165) is 37.0 Å². The summed E-state index contributed by atoms with van der Waals surface area (Å²) in [6.07, 6.45) is 3.99. The number of hydrogen-bond acceptors (Lipinski definition) is 3. The second-order valence-electron chi connectivity index (χ2n) is 4.67. The maximum atomic E-state index is 12.1. The fraction of sp³-hybridized carbons (Fsp3) is 0.636. The minimum Gasteiger partial charge on any atom is -0.210 e. The highest BCUT2D eigenvalue weighted by Gasteiger charge is 2.24. The third-order valence-electron chi connectivity index (χ3n) is 3.17. The van der Waals surface area contributed by atoms with Crippen molar-refractivity contribution in [1.82, 2.24) is 4.72 Å². The van der Waals surface area contributed by atoms with Gasteiger partial charge in [-0.15, -0.1) is 22.9 Å². The van der Waals surface area contributed by atoms with Gasteiger partial charge in [0.1, 0.15) is 4.21 Å². The van der Waals surface area contributed by atoms with Crippen LogP contribution in [-0.4, -0.2) is 20.3 Å². The quantitative estimate of drug-likeness (QED) is 0.760. The number of sulfonamides is 1. The molecule has 19 heavy (non-hydrogen) atoms. The van der Waals surface area contributed by atoms with E-state index in [1.54, 1.807) is 0 Å². The van der Waals surface area contributed by atoms with Crippen LogP contribution < -0.4 is 4.72 Å². The Morgan fingerprint density at radius 2 is 2.21 bits per heavy atom. The molecule has 0 aromatic carbocycles. The van der Waals surface area contributed by atoms with Crippen molar-refractivity contribution in [3.8, 4) is 0 Å². The third kappa shape index (κ3) is 4.32. The van der Waals surface area contributed by atoms with E-state index in [9.17, 15) is 8.42 Å². The average Bonchev–Trinajstić information content (AvgIpc) is 2.68. The Hall–Kier alpha value is 0.670. The summed E-state index contributed by atoms with van der Waals surface area (Å²) in [5, 5.41) is 0.595. The van der Waals surface area contributed by atoms with Gasteiger partial charge in [-0.05, 0) is 47.2 Å². The van der Waals surface area contributed by atoms with Gasteiger partial charge >= 0.3 is 0 Å². The molecule has 1 aromatic rings. The van der Waals surface area contributed by atoms with E-state index in [1.165, 1.54) is 6.07 Å². The standard InChI is InChI=1S/C11H14BrCl2NO2S2/c12-11-9(14)5-10(18-11)19(16,17)15-6-7-2-1-3-8(13)4-7/h5,7-8,15H,1-4,6H2. The molecule has 1 aliphatic carbocycles. The lowest BCUT2D eigenvalue weighted by molar-refractivity contribution is 0.362. The minimum absolute atomic E-state index is 0.175. The van der Waals surface area contributed by atoms with Crippen molar-refractivity contribution >= 4 is 60.5 Å². The van der Waals surface area contributed by atoms with Crippen molar-refractivity contribution in [3.63, 3.8) is 0 Å². The molecule has 0 radical (unpaired) electrons. The highest BCUT2D eigenvalue weighted by Crippen LogP contribution is 2.34. The van der Waals surface area contributed by atoms with E-state index in [-0.39, 0.29) is 9.59 Å². The summed E-state index contributed by atoms with van der Waals surface area (Å²) in [4.78, 5) is 0. The molecule has 0 amide bonds. The predicted molar refractivity (Wildman–Crippen MR) is 83.8 cm³/mol. The van der Waals surface area contributed by atoms with Crippen molar-refractivity contribution in [2.45, 2.75) is 35.3 Å². The molecule has 2 atom stereocenters. The Morgan fingerprint density at radius 3 is 2.79 bits per heavy atom. The summed E-state index contributed by atoms with van der Waals surface area (Å²) in [6.45, 7) is 0.443. The topological polar surface area (TPSA) is 46.2 Å². The van der Waals surface area contributed by atoms with Crippen LogP contribution in [0.1, 0.15) is 25.7 Å². The highest BCUT2D eigenvalue weighted by molar-refractivity contribution is 9.11. The first-order valence-electron chi connectivity index (χ1n) is 5.97. The zero-order chi connectivity index (χ0) is 14.0. The molecule has 2 rings (SSSR count). The van der Waals surface area contributed by atoms with Crippen molar-refractivity contribution in [2.75, 3.05) is 6.54 Å². The minimum atomic E-state index is -3.47. The smallest absolute Gasteiger partial charge is 0.210 e. The SMILES string of the molecule is O=S(=O)(NCC1CCCC(Cl)C1)c1cc(Cl)c(Br)s1. The Bertz CT molecular complexity index is 527. The first kappa shape index (κ1) is 16.0. The lowest BCUT2D eigenvalue weighted by atomic mass is 9.89. The molecule has 1 saturated carbocycles. The van der Waals surface area contributed by atoms with E-state index in [2.05, 4.69) is 20.7 Å². The molecule has 0 bridgehead atoms. The van der Waals surface area contributed by atoms with Gasteiger partial charge in [0.25, 0.3) is 0 Å². The average molecular weight is 407 g/mol. The summed E-state index contributed by atoms with van der Waals surface area (Å²) < 4.78 is 27.7. The zero-order valence-corrected chi connectivity index (χ0v) is 14.8. The third-order valence-corrected chi connectivity index (χ3v) is 7.94. The van der Waals surface area contributed by atoms with Gasteiger partial charge in [-0.2, -0.15) is 0 Å². The molecule has 3 nitrogen and oxygen atoms in total. The van der Waals surface area contributed by atoms with Crippen LogP contribution in [0.5, 0.6) is 0 Å². The fourth-order valence-corrected chi connectivity index (χ4v) is 6.13. The van der Waals surface area contributed by atoms with Gasteiger partial charge in [0.15, 0.2) is 0 Å². The molecule has 1 aromatic heterocycles. The molecular formula is C11H14BrCl2NO2S2. The first-order chi connectivity index (χ1) is 8.88. The number of thiophene rings is 1. The Labute approximate surface area is 135 Å². The van der Waals surface area contributed by atoms with Gasteiger partial charge in [-0.1, -0.05) is 18.0 Å². The van der Waals surface area contributed by atoms with Crippen LogP contribution in [0.15, 0.2) is 14.1 Å². The fourth-order valence-electron chi connectivity index (χ4n) is 2.17. The summed E-state index contributed by atoms with van der Waals surface area (Å²) in [6, 6.07) is 1.46. The van der Waals surface area contributed by atoms with Crippen LogP contribution in [0, 0.1) is 5.92 Å². The van der Waals surface area contributed by atoms with Gasteiger partial charge in [-0.25, -0.2) is 13.1 Å². The normalized spacial score (nSPS) is 24.6. The molecular weight excluding hydrogens is 393 g/mol. The second-order valence-corrected chi connectivity index (χ2v) is 10.1. The van der Waals surface area contributed by atoms with Crippen molar-refractivity contribution in [3.05, 3.63) is 14.9 Å². The maximum absolute atomic E-state index is 12.1. The van der Waals surface area contributed by atoms with Crippen molar-refractivity contribution < 1.29 is 8.42 Å². The molecule has 2 unspecified atom stereocenters. The largest absolute Gasteiger partial charge is 0.250 e. The lowest BCUT2D eigenvalue weighted by Crippen LogP contribution is -2.31. The first-order valence-corrected chi connectivity index (χ1v) is 9.88. The van der Waals surface area contributed by atoms with Crippen molar-refractivity contribution in [1.29, 1.82) is 0 Å². The number of halogens is 3. The molecule has 1 aliphatic rings. The molecule has 8 heteroatoms. The number of alkyl halides is 1. The van der Waals surface area contributed by atoms with Crippen molar-refractivity contribution in [2.24, 2.45) is 5.92 Å². The zero-order valence-electron chi connectivity index (χ0n) is 10.0. The summed E-state index contributed by atoms with van der Waals surface area (Å²) >= 11 is 16.3. The molecule has 1 N–H and O–H groups in total. The molecule has 1 fully saturated rings. The molecule has 1 heterocycles. The van der Waals surface area contributed by atoms with E-state index in [0.29, 0.717) is 21.3 Å². The predicted octanol–water partition coefficient (Wildman–Crippen LogP) is 4.24. The molecule has 0 aliphatic heterocycles. The van der Waals surface area contributed by atoms with E-state index in [1.807, 2.05) is 0 Å². The monoisotopic (exact) mass is 405 g/mol. The van der Waals surface area contributed by atoms with Gasteiger partial charge in [0, 0.05) is 11.9 Å². The Balaban J connectivity index is 1.98. The van der Waals surface area contributed by atoms with Gasteiger partial charge in [-0.3, -0.25) is 0 Å².